The van der Waals surface area contributed by atoms with Gasteiger partial charge in [-0.05, 0) is 25.7 Å². The van der Waals surface area contributed by atoms with E-state index in [1.54, 1.807) is 0 Å². The zero-order valence-corrected chi connectivity index (χ0v) is 19.2. The van der Waals surface area contributed by atoms with Crippen molar-refractivity contribution in [2.24, 2.45) is 44.4 Å². The van der Waals surface area contributed by atoms with Crippen molar-refractivity contribution in [3.05, 3.63) is 0 Å². The molecule has 0 bridgehead atoms. The van der Waals surface area contributed by atoms with Gasteiger partial charge in [0.1, 0.15) is 18.1 Å². The van der Waals surface area contributed by atoms with Crippen LogP contribution in [0.4, 0.5) is 0 Å². The van der Waals surface area contributed by atoms with E-state index in [1.165, 1.54) is 0 Å². The highest BCUT2D eigenvalue weighted by molar-refractivity contribution is 5.95. The number of guanidine groups is 2. The molecule has 0 aliphatic carbocycles. The van der Waals surface area contributed by atoms with Crippen LogP contribution in [0.5, 0.6) is 0 Å². The van der Waals surface area contributed by atoms with Crippen molar-refractivity contribution in [2.75, 3.05) is 19.6 Å². The maximum Gasteiger partial charge on any atom is 0.326 e. The van der Waals surface area contributed by atoms with E-state index in [0.717, 1.165) is 0 Å². The zero-order valence-electron chi connectivity index (χ0n) is 19.2. The average molecular weight is 502 g/mol. The highest BCUT2D eigenvalue weighted by Gasteiger charge is 2.29. The molecule has 17 nitrogen and oxygen atoms in total. The predicted molar refractivity (Wildman–Crippen MR) is 126 cm³/mol. The van der Waals surface area contributed by atoms with Crippen LogP contribution in [0.15, 0.2) is 9.98 Å². The van der Waals surface area contributed by atoms with Gasteiger partial charge in [-0.15, -0.1) is 0 Å². The van der Waals surface area contributed by atoms with E-state index in [2.05, 4.69) is 25.9 Å². The summed E-state index contributed by atoms with van der Waals surface area (Å²) in [6.07, 6.45) is -0.0642. The molecule has 0 aliphatic heterocycles. The maximum absolute atomic E-state index is 12.8. The van der Waals surface area contributed by atoms with Gasteiger partial charge in [-0.1, -0.05) is 0 Å². The number of carboxylic acids is 1. The van der Waals surface area contributed by atoms with Gasteiger partial charge in [-0.3, -0.25) is 29.2 Å². The number of hydrogen-bond donors (Lipinski definition) is 10. The van der Waals surface area contributed by atoms with Crippen LogP contribution in [-0.4, -0.2) is 84.4 Å². The van der Waals surface area contributed by atoms with Crippen LogP contribution in [0.1, 0.15) is 32.1 Å². The van der Waals surface area contributed by atoms with Gasteiger partial charge in [-0.25, -0.2) is 4.79 Å². The first-order valence-electron chi connectivity index (χ1n) is 10.6. The molecule has 0 saturated heterocycles. The first-order chi connectivity index (χ1) is 16.4. The molecule has 0 aromatic carbocycles. The Morgan fingerprint density at radius 2 is 1.17 bits per heavy atom. The molecule has 4 amide bonds. The summed E-state index contributed by atoms with van der Waals surface area (Å²) in [5, 5.41) is 16.4. The second kappa shape index (κ2) is 16.5. The Kier molecular flexibility index (Phi) is 14.5. The van der Waals surface area contributed by atoms with Crippen LogP contribution >= 0.6 is 0 Å². The summed E-state index contributed by atoms with van der Waals surface area (Å²) in [6.45, 7) is -0.182. The largest absolute Gasteiger partial charge is 0.480 e. The van der Waals surface area contributed by atoms with E-state index in [0.29, 0.717) is 0 Å². The quantitative estimate of drug-likeness (QED) is 0.0508. The molecule has 17 heteroatoms. The number of nitrogens with one attached hydrogen (secondary N) is 3. The summed E-state index contributed by atoms with van der Waals surface area (Å²) in [7, 11) is 0. The van der Waals surface area contributed by atoms with Gasteiger partial charge in [0.25, 0.3) is 0 Å². The number of nitrogens with zero attached hydrogens (tertiary/aromatic N) is 2. The molecule has 0 radical (unpaired) electrons. The van der Waals surface area contributed by atoms with Gasteiger partial charge in [0.2, 0.25) is 23.6 Å². The lowest BCUT2D eigenvalue weighted by atomic mass is 10.1. The van der Waals surface area contributed by atoms with Crippen molar-refractivity contribution in [1.82, 2.24) is 16.0 Å². The molecule has 0 fully saturated rings. The Bertz CT molecular complexity index is 809. The van der Waals surface area contributed by atoms with E-state index in [1.807, 2.05) is 0 Å². The summed E-state index contributed by atoms with van der Waals surface area (Å²) in [5.74, 6) is -4.97. The fourth-order valence-electron chi connectivity index (χ4n) is 2.74. The minimum Gasteiger partial charge on any atom is -0.480 e. The third kappa shape index (κ3) is 14.6. The number of aliphatic carboxylic acids is 1. The molecule has 0 aromatic rings. The number of primary amides is 1. The molecule has 0 spiro atoms. The SMILES string of the molecule is NCC(=O)NC(CC(N)=O)C(=O)NC(CCCN=C(N)N)C(=O)NC(CCCN=C(N)N)C(=O)O. The monoisotopic (exact) mass is 501 g/mol. The molecular weight excluding hydrogens is 466 g/mol. The molecule has 16 N–H and O–H groups in total. The van der Waals surface area contributed by atoms with Crippen LogP contribution in [0.2, 0.25) is 0 Å². The van der Waals surface area contributed by atoms with Crippen molar-refractivity contribution in [2.45, 2.75) is 50.2 Å². The van der Waals surface area contributed by atoms with Gasteiger partial charge in [0.15, 0.2) is 11.9 Å². The lowest BCUT2D eigenvalue weighted by Gasteiger charge is -2.24. The maximum atomic E-state index is 12.8. The third-order valence-corrected chi connectivity index (χ3v) is 4.38. The van der Waals surface area contributed by atoms with Crippen molar-refractivity contribution >= 4 is 41.5 Å². The smallest absolute Gasteiger partial charge is 0.326 e. The van der Waals surface area contributed by atoms with Gasteiger partial charge < -0.3 is 55.5 Å². The molecular formula is C18H35N11O6. The molecule has 198 valence electrons. The van der Waals surface area contributed by atoms with E-state index in [-0.39, 0.29) is 50.7 Å². The Balaban J connectivity index is 5.49. The molecule has 0 heterocycles. The molecule has 0 aliphatic rings. The number of aliphatic imine (C=N–C) groups is 2. The predicted octanol–water partition coefficient (Wildman–Crippen LogP) is -5.53. The Morgan fingerprint density at radius 3 is 1.60 bits per heavy atom. The summed E-state index contributed by atoms with van der Waals surface area (Å²) in [5.41, 5.74) is 31.3. The van der Waals surface area contributed by atoms with Crippen LogP contribution in [0.3, 0.4) is 0 Å². The Labute approximate surface area is 201 Å². The fraction of sp³-hybridized carbons (Fsp3) is 0.611. The molecule has 3 unspecified atom stereocenters. The topological polar surface area (TPSA) is 323 Å². The zero-order chi connectivity index (χ0) is 27.0. The Hall–Kier alpha value is -4.15. The van der Waals surface area contributed by atoms with Gasteiger partial charge in [-0.2, -0.15) is 0 Å². The number of carbonyl (C=O) groups excluding carboxylic acids is 4. The highest BCUT2D eigenvalue weighted by atomic mass is 16.4. The number of nitrogens with two attached hydrogens (primary N) is 6. The molecule has 3 atom stereocenters. The van der Waals surface area contributed by atoms with Crippen LogP contribution in [0.25, 0.3) is 0 Å². The Morgan fingerprint density at radius 1 is 0.714 bits per heavy atom. The summed E-state index contributed by atoms with van der Waals surface area (Å²) >= 11 is 0. The minimum atomic E-state index is -1.40. The van der Waals surface area contributed by atoms with Crippen molar-refractivity contribution in [1.29, 1.82) is 0 Å². The van der Waals surface area contributed by atoms with Crippen LogP contribution < -0.4 is 50.4 Å². The second-order valence-electron chi connectivity index (χ2n) is 7.35. The first kappa shape index (κ1) is 30.8. The fourth-order valence-corrected chi connectivity index (χ4v) is 2.74. The van der Waals surface area contributed by atoms with Crippen molar-refractivity contribution in [3.8, 4) is 0 Å². The summed E-state index contributed by atoms with van der Waals surface area (Å²) in [6, 6.07) is -3.94. The van der Waals surface area contributed by atoms with Crippen molar-refractivity contribution in [3.63, 3.8) is 0 Å². The summed E-state index contributed by atoms with van der Waals surface area (Å²) < 4.78 is 0. The minimum absolute atomic E-state index is 0.00280. The van der Waals surface area contributed by atoms with E-state index in [4.69, 9.17) is 34.4 Å². The number of amides is 4. The van der Waals surface area contributed by atoms with Gasteiger partial charge in [0.05, 0.1) is 13.0 Å². The molecule has 35 heavy (non-hydrogen) atoms. The lowest BCUT2D eigenvalue weighted by molar-refractivity contribution is -0.142. The normalized spacial score (nSPS) is 12.8. The summed E-state index contributed by atoms with van der Waals surface area (Å²) in [4.78, 5) is 67.6. The van der Waals surface area contributed by atoms with E-state index >= 15 is 0 Å². The second-order valence-corrected chi connectivity index (χ2v) is 7.35. The standard InChI is InChI=1S/C18H35N11O6/c19-8-13(31)27-11(7-12(20)30)15(33)28-9(3-1-5-25-17(21)22)14(32)29-10(16(34)35)4-2-6-26-18(23)24/h9-11H,1-8,19H2,(H2,20,30)(H,27,31)(H,28,33)(H,29,32)(H,34,35)(H4,21,22,25)(H4,23,24,26). The van der Waals surface area contributed by atoms with Crippen LogP contribution in [-0.2, 0) is 24.0 Å². The third-order valence-electron chi connectivity index (χ3n) is 4.38. The van der Waals surface area contributed by atoms with Gasteiger partial charge in [0, 0.05) is 13.1 Å². The highest BCUT2D eigenvalue weighted by Crippen LogP contribution is 2.05. The number of carboxylic acid groups (broad SMARTS) is 1. The average Bonchev–Trinajstić information content (AvgIpc) is 2.76. The van der Waals surface area contributed by atoms with Gasteiger partial charge >= 0.3 is 5.97 Å². The lowest BCUT2D eigenvalue weighted by Crippen LogP contribution is -2.56. The van der Waals surface area contributed by atoms with Crippen LogP contribution in [0, 0.1) is 0 Å². The molecule has 0 saturated carbocycles. The number of hydrogen-bond acceptors (Lipinski definition) is 8. The molecule has 0 aromatic heterocycles. The number of rotatable bonds is 17. The van der Waals surface area contributed by atoms with E-state index in [9.17, 15) is 29.1 Å². The number of carbonyl (C=O) groups is 5. The molecule has 0 rings (SSSR count). The first-order valence-corrected chi connectivity index (χ1v) is 10.6. The van der Waals surface area contributed by atoms with Crippen molar-refractivity contribution < 1.29 is 29.1 Å². The van der Waals surface area contributed by atoms with E-state index < -0.39 is 60.7 Å².